The van der Waals surface area contributed by atoms with Crippen LogP contribution >= 0.6 is 0 Å². The fourth-order valence-electron chi connectivity index (χ4n) is 1.05. The van der Waals surface area contributed by atoms with E-state index in [0.29, 0.717) is 6.04 Å². The smallest absolute Gasteiger partial charge is 0.0953 e. The second-order valence-corrected chi connectivity index (χ2v) is 2.90. The van der Waals surface area contributed by atoms with Crippen LogP contribution in [-0.4, -0.2) is 21.3 Å². The van der Waals surface area contributed by atoms with E-state index in [1.807, 2.05) is 10.6 Å². The highest BCUT2D eigenvalue weighted by Gasteiger charge is 2.00. The summed E-state index contributed by atoms with van der Waals surface area (Å²) < 4.78 is 2.05. The number of imidazole rings is 1. The minimum absolute atomic E-state index is 0.0727. The lowest BCUT2D eigenvalue weighted by atomic mass is 10.3. The molecular formula is C9H14N2O. The molecule has 0 atom stereocenters. The Morgan fingerprint density at radius 1 is 1.67 bits per heavy atom. The molecule has 0 unspecified atom stereocenters. The molecule has 1 N–H and O–H groups in total. The van der Waals surface area contributed by atoms with Crippen LogP contribution in [0.15, 0.2) is 18.6 Å². The Bertz CT molecular complexity index is 263. The molecule has 1 aromatic rings. The first-order valence-electron chi connectivity index (χ1n) is 4.05. The molecule has 12 heavy (non-hydrogen) atoms. The van der Waals surface area contributed by atoms with Gasteiger partial charge in [0.2, 0.25) is 0 Å². The van der Waals surface area contributed by atoms with Crippen LogP contribution in [0, 0.1) is 0 Å². The van der Waals surface area contributed by atoms with E-state index in [9.17, 15) is 0 Å². The maximum absolute atomic E-state index is 8.58. The summed E-state index contributed by atoms with van der Waals surface area (Å²) in [4.78, 5) is 4.03. The topological polar surface area (TPSA) is 38.0 Å². The minimum Gasteiger partial charge on any atom is -0.392 e. The van der Waals surface area contributed by atoms with E-state index < -0.39 is 0 Å². The van der Waals surface area contributed by atoms with Crippen molar-refractivity contribution in [3.8, 4) is 0 Å². The number of aromatic nitrogens is 2. The van der Waals surface area contributed by atoms with Crippen LogP contribution in [-0.2, 0) is 0 Å². The number of hydrogen-bond acceptors (Lipinski definition) is 2. The van der Waals surface area contributed by atoms with Crippen LogP contribution in [0.4, 0.5) is 0 Å². The van der Waals surface area contributed by atoms with Crippen molar-refractivity contribution >= 4 is 6.08 Å². The standard InChI is InChI=1S/C9H14N2O/c1-8(2)11-7-10-6-9(11)4-3-5-12/h3-4,6-8,12H,5H2,1-2H3. The van der Waals surface area contributed by atoms with E-state index in [1.54, 1.807) is 18.6 Å². The molecule has 0 saturated heterocycles. The van der Waals surface area contributed by atoms with Crippen LogP contribution in [0.5, 0.6) is 0 Å². The molecule has 1 aromatic heterocycles. The summed E-state index contributed by atoms with van der Waals surface area (Å²) in [5.74, 6) is 0. The largest absolute Gasteiger partial charge is 0.392 e. The molecule has 0 aliphatic heterocycles. The van der Waals surface area contributed by atoms with Gasteiger partial charge in [0.05, 0.1) is 24.8 Å². The average Bonchev–Trinajstić information content (AvgIpc) is 2.48. The highest BCUT2D eigenvalue weighted by molar-refractivity contribution is 5.43. The van der Waals surface area contributed by atoms with Crippen molar-refractivity contribution < 1.29 is 5.11 Å². The predicted molar refractivity (Wildman–Crippen MR) is 48.7 cm³/mol. The molecule has 0 aliphatic carbocycles. The zero-order chi connectivity index (χ0) is 8.97. The lowest BCUT2D eigenvalue weighted by Crippen LogP contribution is -2.00. The Morgan fingerprint density at radius 3 is 3.00 bits per heavy atom. The van der Waals surface area contributed by atoms with Gasteiger partial charge in [-0.3, -0.25) is 0 Å². The highest BCUT2D eigenvalue weighted by atomic mass is 16.2. The van der Waals surface area contributed by atoms with Gasteiger partial charge in [0.15, 0.2) is 0 Å². The molecule has 3 heteroatoms. The van der Waals surface area contributed by atoms with Gasteiger partial charge in [-0.25, -0.2) is 4.98 Å². The maximum Gasteiger partial charge on any atom is 0.0953 e. The van der Waals surface area contributed by atoms with Gasteiger partial charge in [-0.1, -0.05) is 6.08 Å². The molecule has 0 fully saturated rings. The van der Waals surface area contributed by atoms with Gasteiger partial charge in [-0.15, -0.1) is 0 Å². The van der Waals surface area contributed by atoms with E-state index in [0.717, 1.165) is 5.69 Å². The fraction of sp³-hybridized carbons (Fsp3) is 0.444. The molecule has 1 rings (SSSR count). The summed E-state index contributed by atoms with van der Waals surface area (Å²) in [5, 5.41) is 8.58. The van der Waals surface area contributed by atoms with Gasteiger partial charge < -0.3 is 9.67 Å². The highest BCUT2D eigenvalue weighted by Crippen LogP contribution is 2.09. The Labute approximate surface area is 72.4 Å². The van der Waals surface area contributed by atoms with E-state index in [1.165, 1.54) is 0 Å². The summed E-state index contributed by atoms with van der Waals surface area (Å²) in [5.41, 5.74) is 1.03. The van der Waals surface area contributed by atoms with Crippen molar-refractivity contribution in [1.29, 1.82) is 0 Å². The maximum atomic E-state index is 8.58. The van der Waals surface area contributed by atoms with Crippen LogP contribution in [0.1, 0.15) is 25.6 Å². The molecule has 0 saturated carbocycles. The van der Waals surface area contributed by atoms with Crippen LogP contribution in [0.3, 0.4) is 0 Å². The summed E-state index contributed by atoms with van der Waals surface area (Å²) >= 11 is 0. The zero-order valence-electron chi connectivity index (χ0n) is 7.44. The SMILES string of the molecule is CC(C)n1cncc1C=CCO. The van der Waals surface area contributed by atoms with Crippen molar-refractivity contribution in [3.05, 3.63) is 24.3 Å². The monoisotopic (exact) mass is 166 g/mol. The van der Waals surface area contributed by atoms with Gasteiger partial charge in [0.25, 0.3) is 0 Å². The average molecular weight is 166 g/mol. The van der Waals surface area contributed by atoms with Crippen LogP contribution in [0.25, 0.3) is 6.08 Å². The Balaban J connectivity index is 2.84. The quantitative estimate of drug-likeness (QED) is 0.738. The van der Waals surface area contributed by atoms with Crippen LogP contribution in [0.2, 0.25) is 0 Å². The van der Waals surface area contributed by atoms with Gasteiger partial charge in [-0.2, -0.15) is 0 Å². The van der Waals surface area contributed by atoms with E-state index in [2.05, 4.69) is 18.8 Å². The van der Waals surface area contributed by atoms with Crippen molar-refractivity contribution in [3.63, 3.8) is 0 Å². The molecule has 0 radical (unpaired) electrons. The Hall–Kier alpha value is -1.09. The number of aliphatic hydroxyl groups excluding tert-OH is 1. The van der Waals surface area contributed by atoms with Crippen molar-refractivity contribution in [2.24, 2.45) is 0 Å². The molecule has 0 aromatic carbocycles. The summed E-state index contributed by atoms with van der Waals surface area (Å²) in [6.07, 6.45) is 7.15. The molecule has 0 aliphatic rings. The minimum atomic E-state index is 0.0727. The van der Waals surface area contributed by atoms with Gasteiger partial charge in [-0.05, 0) is 19.9 Å². The fourth-order valence-corrected chi connectivity index (χ4v) is 1.05. The molecule has 0 spiro atoms. The Morgan fingerprint density at radius 2 is 2.42 bits per heavy atom. The summed E-state index contributed by atoms with van der Waals surface area (Å²) in [6.45, 7) is 4.26. The van der Waals surface area contributed by atoms with Gasteiger partial charge >= 0.3 is 0 Å². The van der Waals surface area contributed by atoms with Gasteiger partial charge in [0, 0.05) is 6.04 Å². The first-order valence-corrected chi connectivity index (χ1v) is 4.05. The second kappa shape index (κ2) is 4.07. The number of nitrogens with zero attached hydrogens (tertiary/aromatic N) is 2. The predicted octanol–water partition coefficient (Wildman–Crippen LogP) is 1.47. The van der Waals surface area contributed by atoms with E-state index >= 15 is 0 Å². The summed E-state index contributed by atoms with van der Waals surface area (Å²) in [6, 6.07) is 0.408. The number of rotatable bonds is 3. The van der Waals surface area contributed by atoms with Crippen molar-refractivity contribution in [2.45, 2.75) is 19.9 Å². The second-order valence-electron chi connectivity index (χ2n) is 2.90. The third-order valence-electron chi connectivity index (χ3n) is 1.65. The van der Waals surface area contributed by atoms with Crippen molar-refractivity contribution in [1.82, 2.24) is 9.55 Å². The third-order valence-corrected chi connectivity index (χ3v) is 1.65. The first-order chi connectivity index (χ1) is 5.75. The Kier molecular flexibility index (Phi) is 3.05. The number of hydrogen-bond donors (Lipinski definition) is 1. The molecule has 66 valence electrons. The van der Waals surface area contributed by atoms with E-state index in [-0.39, 0.29) is 6.61 Å². The van der Waals surface area contributed by atoms with Gasteiger partial charge in [0.1, 0.15) is 0 Å². The molecule has 0 bridgehead atoms. The molecule has 1 heterocycles. The first kappa shape index (κ1) is 9.00. The molecular weight excluding hydrogens is 152 g/mol. The lowest BCUT2D eigenvalue weighted by molar-refractivity contribution is 0.343. The third kappa shape index (κ3) is 1.95. The van der Waals surface area contributed by atoms with Crippen LogP contribution < -0.4 is 0 Å². The van der Waals surface area contributed by atoms with Crippen molar-refractivity contribution in [2.75, 3.05) is 6.61 Å². The van der Waals surface area contributed by atoms with E-state index in [4.69, 9.17) is 5.11 Å². The lowest BCUT2D eigenvalue weighted by Gasteiger charge is -2.08. The zero-order valence-corrected chi connectivity index (χ0v) is 7.44. The normalized spacial score (nSPS) is 11.7. The summed E-state index contributed by atoms with van der Waals surface area (Å²) in [7, 11) is 0. The molecule has 0 amide bonds. The number of aliphatic hydroxyl groups is 1. The molecule has 3 nitrogen and oxygen atoms in total.